The molecule has 1 heterocycles. The number of aliphatic hydroxyl groups excluding tert-OH is 1. The lowest BCUT2D eigenvalue weighted by Crippen LogP contribution is -2.01. The molecule has 0 spiro atoms. The van der Waals surface area contributed by atoms with E-state index in [0.29, 0.717) is 13.0 Å². The Bertz CT molecular complexity index is 448. The van der Waals surface area contributed by atoms with E-state index in [9.17, 15) is 5.11 Å². The minimum Gasteiger partial charge on any atom is -0.494 e. The third-order valence-electron chi connectivity index (χ3n) is 2.56. The molecule has 0 aliphatic rings. The predicted octanol–water partition coefficient (Wildman–Crippen LogP) is 2.95. The van der Waals surface area contributed by atoms with Gasteiger partial charge in [-0.15, -0.1) is 0 Å². The van der Waals surface area contributed by atoms with Crippen molar-refractivity contribution in [2.24, 2.45) is 0 Å². The molecule has 3 heteroatoms. The van der Waals surface area contributed by atoms with E-state index in [0.717, 1.165) is 16.9 Å². The molecule has 1 aromatic heterocycles. The number of rotatable bonds is 5. The highest BCUT2D eigenvalue weighted by molar-refractivity contribution is 5.30. The number of hydrogen-bond donors (Lipinski definition) is 1. The summed E-state index contributed by atoms with van der Waals surface area (Å²) in [6, 6.07) is 9.40. The molecule has 0 bridgehead atoms. The molecule has 0 amide bonds. The summed E-state index contributed by atoms with van der Waals surface area (Å²) in [5, 5.41) is 10.1. The molecule has 0 saturated heterocycles. The fourth-order valence-electron chi connectivity index (χ4n) is 1.73. The van der Waals surface area contributed by atoms with Gasteiger partial charge in [-0.3, -0.25) is 0 Å². The monoisotopic (exact) mass is 232 g/mol. The van der Waals surface area contributed by atoms with Gasteiger partial charge in [0.2, 0.25) is 0 Å². The molecular formula is C14H16O3. The van der Waals surface area contributed by atoms with Gasteiger partial charge in [0.1, 0.15) is 5.75 Å². The molecular weight excluding hydrogens is 216 g/mol. The third-order valence-corrected chi connectivity index (χ3v) is 2.56. The molecule has 0 saturated carbocycles. The van der Waals surface area contributed by atoms with Crippen molar-refractivity contribution in [3.05, 3.63) is 54.0 Å². The van der Waals surface area contributed by atoms with Gasteiger partial charge in [-0.25, -0.2) is 0 Å². The van der Waals surface area contributed by atoms with Crippen molar-refractivity contribution in [1.29, 1.82) is 0 Å². The molecule has 17 heavy (non-hydrogen) atoms. The van der Waals surface area contributed by atoms with Crippen LogP contribution in [-0.2, 0) is 6.42 Å². The standard InChI is InChI=1S/C14H16O3/c1-2-17-13-5-3-4-12(9-13)14(15)8-11-6-7-16-10-11/h3-7,9-10,14-15H,2,8H2,1H3. The summed E-state index contributed by atoms with van der Waals surface area (Å²) >= 11 is 0. The van der Waals surface area contributed by atoms with Crippen molar-refractivity contribution in [2.75, 3.05) is 6.61 Å². The van der Waals surface area contributed by atoms with Crippen LogP contribution in [0, 0.1) is 0 Å². The normalized spacial score (nSPS) is 12.4. The Hall–Kier alpha value is -1.74. The Morgan fingerprint density at radius 1 is 1.35 bits per heavy atom. The quantitative estimate of drug-likeness (QED) is 0.861. The smallest absolute Gasteiger partial charge is 0.119 e. The molecule has 2 aromatic rings. The summed E-state index contributed by atoms with van der Waals surface area (Å²) in [6.07, 6.45) is 3.27. The SMILES string of the molecule is CCOc1cccc(C(O)Cc2ccoc2)c1. The lowest BCUT2D eigenvalue weighted by Gasteiger charge is -2.11. The summed E-state index contributed by atoms with van der Waals surface area (Å²) < 4.78 is 10.4. The highest BCUT2D eigenvalue weighted by atomic mass is 16.5. The van der Waals surface area contributed by atoms with Gasteiger partial charge in [0, 0.05) is 6.42 Å². The fourth-order valence-corrected chi connectivity index (χ4v) is 1.73. The number of benzene rings is 1. The molecule has 0 aliphatic carbocycles. The van der Waals surface area contributed by atoms with Crippen molar-refractivity contribution >= 4 is 0 Å². The third kappa shape index (κ3) is 3.11. The summed E-state index contributed by atoms with van der Waals surface area (Å²) in [7, 11) is 0. The van der Waals surface area contributed by atoms with E-state index in [-0.39, 0.29) is 0 Å². The van der Waals surface area contributed by atoms with Crippen LogP contribution in [0.15, 0.2) is 47.3 Å². The van der Waals surface area contributed by atoms with Crippen LogP contribution in [-0.4, -0.2) is 11.7 Å². The zero-order valence-electron chi connectivity index (χ0n) is 9.80. The van der Waals surface area contributed by atoms with Crippen molar-refractivity contribution in [2.45, 2.75) is 19.4 Å². The predicted molar refractivity (Wildman–Crippen MR) is 65.0 cm³/mol. The van der Waals surface area contributed by atoms with Crippen molar-refractivity contribution in [1.82, 2.24) is 0 Å². The van der Waals surface area contributed by atoms with Crippen LogP contribution in [0.3, 0.4) is 0 Å². The first-order chi connectivity index (χ1) is 8.29. The number of furan rings is 1. The molecule has 1 unspecified atom stereocenters. The topological polar surface area (TPSA) is 42.6 Å². The van der Waals surface area contributed by atoms with Gasteiger partial charge in [0.15, 0.2) is 0 Å². The maximum absolute atomic E-state index is 10.1. The first kappa shape index (κ1) is 11.7. The van der Waals surface area contributed by atoms with Crippen LogP contribution < -0.4 is 4.74 Å². The maximum Gasteiger partial charge on any atom is 0.119 e. The minimum atomic E-state index is -0.534. The summed E-state index contributed by atoms with van der Waals surface area (Å²) in [4.78, 5) is 0. The zero-order chi connectivity index (χ0) is 12.1. The Balaban J connectivity index is 2.07. The van der Waals surface area contributed by atoms with Crippen LogP contribution >= 0.6 is 0 Å². The van der Waals surface area contributed by atoms with Crippen LogP contribution in [0.2, 0.25) is 0 Å². The van der Waals surface area contributed by atoms with Crippen molar-refractivity contribution in [3.8, 4) is 5.75 Å². The number of hydrogen-bond acceptors (Lipinski definition) is 3. The van der Waals surface area contributed by atoms with E-state index in [2.05, 4.69) is 0 Å². The number of ether oxygens (including phenoxy) is 1. The highest BCUT2D eigenvalue weighted by Gasteiger charge is 2.10. The van der Waals surface area contributed by atoms with E-state index in [1.165, 1.54) is 0 Å². The average molecular weight is 232 g/mol. The van der Waals surface area contributed by atoms with Gasteiger partial charge < -0.3 is 14.3 Å². The molecule has 0 radical (unpaired) electrons. The van der Waals surface area contributed by atoms with Crippen LogP contribution in [0.1, 0.15) is 24.2 Å². The van der Waals surface area contributed by atoms with Gasteiger partial charge in [0.25, 0.3) is 0 Å². The van der Waals surface area contributed by atoms with Gasteiger partial charge in [-0.1, -0.05) is 12.1 Å². The van der Waals surface area contributed by atoms with E-state index in [1.54, 1.807) is 12.5 Å². The second-order valence-corrected chi connectivity index (χ2v) is 3.86. The summed E-state index contributed by atoms with van der Waals surface area (Å²) in [5.41, 5.74) is 1.84. The van der Waals surface area contributed by atoms with Crippen molar-refractivity contribution < 1.29 is 14.3 Å². The molecule has 0 aliphatic heterocycles. The van der Waals surface area contributed by atoms with Gasteiger partial charge in [-0.05, 0) is 36.2 Å². The molecule has 2 rings (SSSR count). The Kier molecular flexibility index (Phi) is 3.83. The first-order valence-electron chi connectivity index (χ1n) is 5.71. The molecule has 1 N–H and O–H groups in total. The summed E-state index contributed by atoms with van der Waals surface area (Å²) in [5.74, 6) is 0.788. The van der Waals surface area contributed by atoms with Crippen LogP contribution in [0.5, 0.6) is 5.75 Å². The lowest BCUT2D eigenvalue weighted by molar-refractivity contribution is 0.177. The molecule has 1 aromatic carbocycles. The maximum atomic E-state index is 10.1. The Morgan fingerprint density at radius 2 is 2.24 bits per heavy atom. The van der Waals surface area contributed by atoms with E-state index >= 15 is 0 Å². The van der Waals surface area contributed by atoms with Crippen LogP contribution in [0.25, 0.3) is 0 Å². The molecule has 3 nitrogen and oxygen atoms in total. The van der Waals surface area contributed by atoms with Gasteiger partial charge in [-0.2, -0.15) is 0 Å². The number of aliphatic hydroxyl groups is 1. The van der Waals surface area contributed by atoms with Gasteiger partial charge >= 0.3 is 0 Å². The fraction of sp³-hybridized carbons (Fsp3) is 0.286. The first-order valence-corrected chi connectivity index (χ1v) is 5.71. The lowest BCUT2D eigenvalue weighted by atomic mass is 10.0. The van der Waals surface area contributed by atoms with E-state index in [1.807, 2.05) is 37.3 Å². The highest BCUT2D eigenvalue weighted by Crippen LogP contribution is 2.22. The Labute approximate surface area is 101 Å². The zero-order valence-corrected chi connectivity index (χ0v) is 9.80. The second kappa shape index (κ2) is 5.55. The molecule has 0 fully saturated rings. The molecule has 90 valence electrons. The minimum absolute atomic E-state index is 0.534. The van der Waals surface area contributed by atoms with E-state index in [4.69, 9.17) is 9.15 Å². The van der Waals surface area contributed by atoms with Gasteiger partial charge in [0.05, 0.1) is 25.2 Å². The Morgan fingerprint density at radius 3 is 2.94 bits per heavy atom. The molecule has 1 atom stereocenters. The average Bonchev–Trinajstić information content (AvgIpc) is 2.83. The van der Waals surface area contributed by atoms with Crippen LogP contribution in [0.4, 0.5) is 0 Å². The second-order valence-electron chi connectivity index (χ2n) is 3.86. The largest absolute Gasteiger partial charge is 0.494 e. The van der Waals surface area contributed by atoms with E-state index < -0.39 is 6.10 Å². The van der Waals surface area contributed by atoms with Crippen molar-refractivity contribution in [3.63, 3.8) is 0 Å². The summed E-state index contributed by atoms with van der Waals surface area (Å²) in [6.45, 7) is 2.57.